The highest BCUT2D eigenvalue weighted by atomic mass is 16.5. The number of imidazole rings is 1. The van der Waals surface area contributed by atoms with E-state index in [0.717, 1.165) is 44.8 Å². The number of methoxy groups -OCH3 is 1. The molecule has 0 spiro atoms. The third-order valence-electron chi connectivity index (χ3n) is 5.87. The molecule has 0 aromatic carbocycles. The molecular weight excluding hydrogens is 328 g/mol. The third-order valence-corrected chi connectivity index (χ3v) is 5.87. The summed E-state index contributed by atoms with van der Waals surface area (Å²) in [5.74, 6) is 2.29. The first-order chi connectivity index (χ1) is 12.7. The van der Waals surface area contributed by atoms with Crippen LogP contribution in [0.25, 0.3) is 0 Å². The molecular formula is C20H28N4O2. The first kappa shape index (κ1) is 17.3. The second-order valence-corrected chi connectivity index (χ2v) is 7.57. The van der Waals surface area contributed by atoms with Gasteiger partial charge in [0.15, 0.2) is 5.75 Å². The predicted molar refractivity (Wildman–Crippen MR) is 101 cm³/mol. The topological polar surface area (TPSA) is 52.3 Å². The van der Waals surface area contributed by atoms with Crippen LogP contribution in [0.2, 0.25) is 0 Å². The van der Waals surface area contributed by atoms with Crippen LogP contribution in [-0.2, 0) is 19.6 Å². The maximum Gasteiger partial charge on any atom is 0.223 e. The smallest absolute Gasteiger partial charge is 0.223 e. The number of aromatic nitrogens is 3. The van der Waals surface area contributed by atoms with E-state index in [1.54, 1.807) is 13.2 Å². The Morgan fingerprint density at radius 3 is 2.81 bits per heavy atom. The lowest BCUT2D eigenvalue weighted by Crippen LogP contribution is -2.36. The van der Waals surface area contributed by atoms with Crippen molar-refractivity contribution in [2.75, 3.05) is 20.2 Å². The summed E-state index contributed by atoms with van der Waals surface area (Å²) >= 11 is 0. The lowest BCUT2D eigenvalue weighted by Gasteiger charge is -2.33. The molecule has 140 valence electrons. The minimum atomic E-state index is -0.0518. The van der Waals surface area contributed by atoms with Gasteiger partial charge < -0.3 is 13.9 Å². The maximum absolute atomic E-state index is 11.8. The zero-order valence-corrected chi connectivity index (χ0v) is 15.8. The molecule has 4 heterocycles. The van der Waals surface area contributed by atoms with E-state index in [0.29, 0.717) is 11.7 Å². The Hall–Kier alpha value is -2.08. The van der Waals surface area contributed by atoms with E-state index in [9.17, 15) is 4.79 Å². The van der Waals surface area contributed by atoms with Crippen molar-refractivity contribution in [3.05, 3.63) is 45.9 Å². The van der Waals surface area contributed by atoms with Crippen molar-refractivity contribution < 1.29 is 4.74 Å². The standard InChI is InChI=1S/C20H28N4O2/c1-15-11-18(25)19(26-2)13-23(15)14-22-9-6-16(7-10-22)20-21-12-17-5-3-4-8-24(17)20/h11-13,16H,3-10,14H2,1-2H3. The third kappa shape index (κ3) is 3.30. The van der Waals surface area contributed by atoms with E-state index in [1.165, 1.54) is 30.8 Å². The molecule has 0 amide bonds. The number of piperidine rings is 1. The van der Waals surface area contributed by atoms with Crippen molar-refractivity contribution in [1.82, 2.24) is 19.0 Å². The summed E-state index contributed by atoms with van der Waals surface area (Å²) in [6, 6.07) is 1.66. The van der Waals surface area contributed by atoms with Crippen LogP contribution in [0.5, 0.6) is 5.75 Å². The summed E-state index contributed by atoms with van der Waals surface area (Å²) in [4.78, 5) is 19.1. The van der Waals surface area contributed by atoms with Gasteiger partial charge in [0.05, 0.1) is 20.0 Å². The number of fused-ring (bicyclic) bond motifs is 1. The van der Waals surface area contributed by atoms with Gasteiger partial charge in [-0.3, -0.25) is 9.69 Å². The number of aryl methyl sites for hydroxylation is 2. The highest BCUT2D eigenvalue weighted by Crippen LogP contribution is 2.30. The highest BCUT2D eigenvalue weighted by molar-refractivity contribution is 5.21. The largest absolute Gasteiger partial charge is 0.491 e. The summed E-state index contributed by atoms with van der Waals surface area (Å²) in [6.07, 6.45) is 9.97. The molecule has 0 atom stereocenters. The van der Waals surface area contributed by atoms with Gasteiger partial charge >= 0.3 is 0 Å². The molecule has 6 heteroatoms. The quantitative estimate of drug-likeness (QED) is 0.845. The zero-order valence-electron chi connectivity index (χ0n) is 15.8. The van der Waals surface area contributed by atoms with Crippen molar-refractivity contribution in [2.24, 2.45) is 0 Å². The monoisotopic (exact) mass is 356 g/mol. The van der Waals surface area contributed by atoms with Crippen molar-refractivity contribution in [2.45, 2.75) is 58.2 Å². The second kappa shape index (κ2) is 7.27. The highest BCUT2D eigenvalue weighted by Gasteiger charge is 2.26. The van der Waals surface area contributed by atoms with Gasteiger partial charge in [0.1, 0.15) is 5.82 Å². The van der Waals surface area contributed by atoms with Crippen LogP contribution in [0.15, 0.2) is 23.3 Å². The Balaban J connectivity index is 1.41. The number of ether oxygens (including phenoxy) is 1. The average molecular weight is 356 g/mol. The number of rotatable bonds is 4. The van der Waals surface area contributed by atoms with Gasteiger partial charge in [-0.2, -0.15) is 0 Å². The molecule has 6 nitrogen and oxygen atoms in total. The normalized spacial score (nSPS) is 18.7. The molecule has 2 aliphatic heterocycles. The second-order valence-electron chi connectivity index (χ2n) is 7.57. The molecule has 1 saturated heterocycles. The Morgan fingerprint density at radius 1 is 1.23 bits per heavy atom. The number of nitrogens with zero attached hydrogens (tertiary/aromatic N) is 4. The van der Waals surface area contributed by atoms with Crippen LogP contribution in [-0.4, -0.2) is 39.2 Å². The molecule has 0 unspecified atom stereocenters. The van der Waals surface area contributed by atoms with Crippen molar-refractivity contribution in [1.29, 1.82) is 0 Å². The summed E-state index contributed by atoms with van der Waals surface area (Å²) in [7, 11) is 1.55. The van der Waals surface area contributed by atoms with Crippen LogP contribution in [0.1, 0.15) is 48.8 Å². The van der Waals surface area contributed by atoms with Crippen LogP contribution < -0.4 is 10.2 Å². The number of pyridine rings is 1. The summed E-state index contributed by atoms with van der Waals surface area (Å²) < 4.78 is 9.77. The van der Waals surface area contributed by atoms with Gasteiger partial charge in [0, 0.05) is 49.2 Å². The van der Waals surface area contributed by atoms with Crippen molar-refractivity contribution >= 4 is 0 Å². The minimum Gasteiger partial charge on any atom is -0.491 e. The first-order valence-electron chi connectivity index (χ1n) is 9.67. The molecule has 26 heavy (non-hydrogen) atoms. The lowest BCUT2D eigenvalue weighted by molar-refractivity contribution is 0.163. The van der Waals surface area contributed by atoms with Gasteiger partial charge in [-0.15, -0.1) is 0 Å². The van der Waals surface area contributed by atoms with E-state index in [4.69, 9.17) is 9.72 Å². The Morgan fingerprint density at radius 2 is 2.04 bits per heavy atom. The minimum absolute atomic E-state index is 0.0518. The first-order valence-corrected chi connectivity index (χ1v) is 9.67. The fraction of sp³-hybridized carbons (Fsp3) is 0.600. The maximum atomic E-state index is 11.8. The Labute approximate surface area is 154 Å². The van der Waals surface area contributed by atoms with Gasteiger partial charge in [-0.25, -0.2) is 4.98 Å². The molecule has 4 rings (SSSR count). The number of hydrogen-bond acceptors (Lipinski definition) is 4. The lowest BCUT2D eigenvalue weighted by atomic mass is 9.95. The molecule has 0 saturated carbocycles. The number of hydrogen-bond donors (Lipinski definition) is 0. The molecule has 0 N–H and O–H groups in total. The molecule has 2 aromatic heterocycles. The summed E-state index contributed by atoms with van der Waals surface area (Å²) in [5, 5.41) is 0. The van der Waals surface area contributed by atoms with Gasteiger partial charge in [0.2, 0.25) is 5.43 Å². The molecule has 0 radical (unpaired) electrons. The van der Waals surface area contributed by atoms with Crippen LogP contribution in [0.4, 0.5) is 0 Å². The van der Waals surface area contributed by atoms with E-state index >= 15 is 0 Å². The van der Waals surface area contributed by atoms with Gasteiger partial charge in [0.25, 0.3) is 0 Å². The van der Waals surface area contributed by atoms with E-state index in [1.807, 2.05) is 13.1 Å². The number of likely N-dealkylation sites (tertiary alicyclic amines) is 1. The fourth-order valence-electron chi connectivity index (χ4n) is 4.29. The van der Waals surface area contributed by atoms with Crippen LogP contribution in [0.3, 0.4) is 0 Å². The SMILES string of the molecule is COc1cn(CN2CCC(c3ncc4n3CCCC4)CC2)c(C)cc1=O. The molecule has 1 fully saturated rings. The molecule has 0 aliphatic carbocycles. The van der Waals surface area contributed by atoms with E-state index in [-0.39, 0.29) is 5.43 Å². The van der Waals surface area contributed by atoms with Gasteiger partial charge in [-0.1, -0.05) is 0 Å². The van der Waals surface area contributed by atoms with Crippen LogP contribution >= 0.6 is 0 Å². The molecule has 2 aliphatic rings. The van der Waals surface area contributed by atoms with E-state index < -0.39 is 0 Å². The molecule has 2 aromatic rings. The van der Waals surface area contributed by atoms with E-state index in [2.05, 4.69) is 20.2 Å². The van der Waals surface area contributed by atoms with Crippen LogP contribution in [0, 0.1) is 6.92 Å². The Kier molecular flexibility index (Phi) is 4.85. The van der Waals surface area contributed by atoms with Crippen molar-refractivity contribution in [3.63, 3.8) is 0 Å². The predicted octanol–water partition coefficient (Wildman–Crippen LogP) is 2.54. The molecule has 0 bridgehead atoms. The zero-order chi connectivity index (χ0) is 18.1. The summed E-state index contributed by atoms with van der Waals surface area (Å²) in [5.41, 5.74) is 2.34. The fourth-order valence-corrected chi connectivity index (χ4v) is 4.29. The summed E-state index contributed by atoms with van der Waals surface area (Å²) in [6.45, 7) is 6.03. The average Bonchev–Trinajstić information content (AvgIpc) is 3.09. The van der Waals surface area contributed by atoms with Gasteiger partial charge in [-0.05, 0) is 39.0 Å². The Bertz CT molecular complexity index is 831. The van der Waals surface area contributed by atoms with Crippen molar-refractivity contribution in [3.8, 4) is 5.75 Å².